The number of thiazole rings is 1. The summed E-state index contributed by atoms with van der Waals surface area (Å²) in [4.78, 5) is 42.1. The van der Waals surface area contributed by atoms with Crippen molar-refractivity contribution in [2.75, 3.05) is 16.8 Å². The number of allylic oxidation sites excluding steroid dienone is 2. The highest BCUT2D eigenvalue weighted by atomic mass is 32.1. The predicted octanol–water partition coefficient (Wildman–Crippen LogP) is 7.85. The molecule has 0 unspecified atom stereocenters. The van der Waals surface area contributed by atoms with Crippen LogP contribution in [0.25, 0.3) is 15.8 Å². The first-order valence-electron chi connectivity index (χ1n) is 14.1. The minimum absolute atomic E-state index is 0.0281. The summed E-state index contributed by atoms with van der Waals surface area (Å²) in [7, 11) is 0. The van der Waals surface area contributed by atoms with E-state index in [1.165, 1.54) is 10.5 Å². The summed E-state index contributed by atoms with van der Waals surface area (Å²) in [6.07, 6.45) is 1.37. The van der Waals surface area contributed by atoms with Crippen LogP contribution < -0.4 is 15.5 Å². The summed E-state index contributed by atoms with van der Waals surface area (Å²) in [6, 6.07) is 14.4. The molecule has 3 aromatic carbocycles. The van der Waals surface area contributed by atoms with Crippen molar-refractivity contribution >= 4 is 55.9 Å². The van der Waals surface area contributed by atoms with Crippen molar-refractivity contribution < 1.29 is 37.1 Å². The third kappa shape index (κ3) is 7.85. The molecule has 13 heteroatoms. The molecule has 3 N–H and O–H groups in total. The number of carbonyl (C=O) groups excluding carboxylic acids is 2. The molecule has 1 heterocycles. The Hall–Kier alpha value is -4.78. The summed E-state index contributed by atoms with van der Waals surface area (Å²) in [6.45, 7) is 0.00174. The molecule has 0 atom stereocenters. The topological polar surface area (TPSA) is 112 Å². The summed E-state index contributed by atoms with van der Waals surface area (Å²) < 4.78 is 54.3. The molecule has 1 aliphatic rings. The van der Waals surface area contributed by atoms with Crippen molar-refractivity contribution in [2.24, 2.45) is 0 Å². The van der Waals surface area contributed by atoms with E-state index < -0.39 is 35.5 Å². The van der Waals surface area contributed by atoms with Crippen LogP contribution in [0.3, 0.4) is 0 Å². The van der Waals surface area contributed by atoms with E-state index >= 15 is 0 Å². The number of nitrogens with zero attached hydrogens (tertiary/aromatic N) is 2. The molecule has 3 amide bonds. The summed E-state index contributed by atoms with van der Waals surface area (Å²) in [5, 5.41) is 13.7. The fourth-order valence-corrected chi connectivity index (χ4v) is 5.96. The van der Waals surface area contributed by atoms with Gasteiger partial charge in [-0.2, -0.15) is 13.2 Å². The molecule has 0 spiro atoms. The third-order valence-electron chi connectivity index (χ3n) is 7.24. The van der Waals surface area contributed by atoms with E-state index in [4.69, 9.17) is 5.11 Å². The lowest BCUT2D eigenvalue weighted by atomic mass is 9.93. The third-order valence-corrected chi connectivity index (χ3v) is 8.26. The zero-order valence-corrected chi connectivity index (χ0v) is 24.6. The number of urea groups is 1. The van der Waals surface area contributed by atoms with Gasteiger partial charge in [0, 0.05) is 23.9 Å². The van der Waals surface area contributed by atoms with Crippen LogP contribution in [0.15, 0.2) is 66.7 Å². The van der Waals surface area contributed by atoms with Gasteiger partial charge in [-0.05, 0) is 72.7 Å². The molecule has 0 fully saturated rings. The lowest BCUT2D eigenvalue weighted by Gasteiger charge is -2.23. The maximum Gasteiger partial charge on any atom is 0.417 e. The highest BCUT2D eigenvalue weighted by Crippen LogP contribution is 2.39. The second-order valence-corrected chi connectivity index (χ2v) is 11.5. The summed E-state index contributed by atoms with van der Waals surface area (Å²) in [5.41, 5.74) is 2.30. The van der Waals surface area contributed by atoms with E-state index in [-0.39, 0.29) is 34.9 Å². The number of nitrogens with one attached hydrogen (secondary N) is 2. The van der Waals surface area contributed by atoms with Gasteiger partial charge in [-0.3, -0.25) is 19.8 Å². The van der Waals surface area contributed by atoms with Gasteiger partial charge in [-0.25, -0.2) is 14.2 Å². The number of amides is 3. The van der Waals surface area contributed by atoms with Crippen molar-refractivity contribution in [3.63, 3.8) is 0 Å². The fourth-order valence-electron chi connectivity index (χ4n) is 4.99. The van der Waals surface area contributed by atoms with Crippen molar-refractivity contribution in [2.45, 2.75) is 44.8 Å². The average molecular weight is 641 g/mol. The van der Waals surface area contributed by atoms with E-state index in [1.54, 1.807) is 36.4 Å². The second-order valence-electron chi connectivity index (χ2n) is 10.5. The fraction of sp³-hybridized carbons (Fsp3) is 0.250. The number of carbonyl (C=O) groups is 3. The van der Waals surface area contributed by atoms with E-state index in [0.717, 1.165) is 37.3 Å². The van der Waals surface area contributed by atoms with Gasteiger partial charge in [0.15, 0.2) is 5.13 Å². The second kappa shape index (κ2) is 13.5. The number of fused-ring (bicyclic) bond motifs is 1. The van der Waals surface area contributed by atoms with E-state index in [0.29, 0.717) is 34.2 Å². The van der Waals surface area contributed by atoms with Gasteiger partial charge in [0.25, 0.3) is 5.91 Å². The molecule has 5 rings (SSSR count). The molecule has 8 nitrogen and oxygen atoms in total. The van der Waals surface area contributed by atoms with Gasteiger partial charge in [0.05, 0.1) is 28.7 Å². The maximum absolute atomic E-state index is 13.9. The standard InChI is InChI=1S/C32H28F4N4O4S/c33-23-16-25(32(34,35)36)28-26(17-23)38-30(45-28)39-31(44)40(24-12-10-21(11-13-24)20-4-2-1-3-5-20)18-19-6-8-22(9-7-19)29(43)37-15-14-27(41)42/h4,6-13,16-17H,1-3,5,14-15,18H2,(H,37,43)(H,41,42)(H,38,39,44). The number of carboxylic acids is 1. The first kappa shape index (κ1) is 31.6. The number of benzene rings is 3. The van der Waals surface area contributed by atoms with Crippen molar-refractivity contribution in [1.29, 1.82) is 0 Å². The molecule has 45 heavy (non-hydrogen) atoms. The van der Waals surface area contributed by atoms with E-state index in [2.05, 4.69) is 21.7 Å². The molecule has 0 bridgehead atoms. The van der Waals surface area contributed by atoms with Gasteiger partial charge in [-0.15, -0.1) is 0 Å². The van der Waals surface area contributed by atoms with Crippen LogP contribution in [-0.4, -0.2) is 34.5 Å². The van der Waals surface area contributed by atoms with Crippen LogP contribution in [0.2, 0.25) is 0 Å². The predicted molar refractivity (Wildman–Crippen MR) is 164 cm³/mol. The van der Waals surface area contributed by atoms with Crippen LogP contribution >= 0.6 is 11.3 Å². The van der Waals surface area contributed by atoms with E-state index in [9.17, 15) is 31.9 Å². The molecule has 1 aromatic heterocycles. The Labute approximate surface area is 259 Å². The quantitative estimate of drug-likeness (QED) is 0.161. The van der Waals surface area contributed by atoms with Gasteiger partial charge in [0.2, 0.25) is 0 Å². The number of alkyl halides is 3. The first-order valence-corrected chi connectivity index (χ1v) is 14.9. The van der Waals surface area contributed by atoms with Gasteiger partial charge in [-0.1, -0.05) is 41.7 Å². The SMILES string of the molecule is O=C(O)CCNC(=O)c1ccc(CN(C(=O)Nc2nc3cc(F)cc(C(F)(F)F)c3s2)c2ccc(C3=CCCCC3)cc2)cc1. The van der Waals surface area contributed by atoms with Crippen LogP contribution in [0.4, 0.5) is 33.2 Å². The van der Waals surface area contributed by atoms with Crippen LogP contribution in [0.1, 0.15) is 59.2 Å². The largest absolute Gasteiger partial charge is 0.481 e. The van der Waals surface area contributed by atoms with Crippen molar-refractivity contribution in [3.05, 3.63) is 94.8 Å². The first-order chi connectivity index (χ1) is 21.5. The Kier molecular flexibility index (Phi) is 9.47. The van der Waals surface area contributed by atoms with Crippen LogP contribution in [0, 0.1) is 5.82 Å². The molecule has 0 radical (unpaired) electrons. The van der Waals surface area contributed by atoms with Crippen LogP contribution in [-0.2, 0) is 17.5 Å². The lowest BCUT2D eigenvalue weighted by Crippen LogP contribution is -2.34. The maximum atomic E-state index is 13.9. The molecule has 0 saturated heterocycles. The molecular formula is C32H28F4N4O4S. The highest BCUT2D eigenvalue weighted by molar-refractivity contribution is 7.22. The van der Waals surface area contributed by atoms with Crippen LogP contribution in [0.5, 0.6) is 0 Å². The molecule has 234 valence electrons. The normalized spacial score (nSPS) is 13.3. The minimum Gasteiger partial charge on any atom is -0.481 e. The number of aliphatic carboxylic acids is 1. The Bertz CT molecular complexity index is 1750. The Morgan fingerprint density at radius 1 is 1.00 bits per heavy atom. The lowest BCUT2D eigenvalue weighted by molar-refractivity contribution is -0.137. The number of hydrogen-bond donors (Lipinski definition) is 3. The molecule has 4 aromatic rings. The number of anilines is 2. The summed E-state index contributed by atoms with van der Waals surface area (Å²) in [5.74, 6) is -2.58. The number of rotatable bonds is 9. The monoisotopic (exact) mass is 640 g/mol. The number of carboxylic acid groups (broad SMARTS) is 1. The molecular weight excluding hydrogens is 612 g/mol. The van der Waals surface area contributed by atoms with Gasteiger partial charge in [0.1, 0.15) is 5.82 Å². The summed E-state index contributed by atoms with van der Waals surface area (Å²) >= 11 is 0.596. The molecule has 0 saturated carbocycles. The minimum atomic E-state index is -4.81. The number of halogens is 4. The Balaban J connectivity index is 1.40. The average Bonchev–Trinajstić information content (AvgIpc) is 3.41. The van der Waals surface area contributed by atoms with Crippen molar-refractivity contribution in [3.8, 4) is 0 Å². The van der Waals surface area contributed by atoms with Gasteiger partial charge >= 0.3 is 18.2 Å². The zero-order valence-electron chi connectivity index (χ0n) is 23.8. The van der Waals surface area contributed by atoms with E-state index in [1.807, 2.05) is 12.1 Å². The van der Waals surface area contributed by atoms with Gasteiger partial charge < -0.3 is 10.4 Å². The highest BCUT2D eigenvalue weighted by Gasteiger charge is 2.35. The smallest absolute Gasteiger partial charge is 0.417 e. The Morgan fingerprint density at radius 2 is 1.73 bits per heavy atom. The zero-order chi connectivity index (χ0) is 32.1. The molecule has 0 aliphatic heterocycles. The number of hydrogen-bond acceptors (Lipinski definition) is 5. The Morgan fingerprint density at radius 3 is 2.38 bits per heavy atom. The van der Waals surface area contributed by atoms with Crippen molar-refractivity contribution in [1.82, 2.24) is 10.3 Å². The number of aromatic nitrogens is 1. The molecule has 1 aliphatic carbocycles.